The first kappa shape index (κ1) is 26.7. The third kappa shape index (κ3) is 8.79. The molecule has 0 unspecified atom stereocenters. The highest BCUT2D eigenvalue weighted by molar-refractivity contribution is 5.98. The molecule has 8 nitrogen and oxygen atoms in total. The summed E-state index contributed by atoms with van der Waals surface area (Å²) in [7, 11) is 1.93. The molecule has 0 aliphatic rings. The van der Waals surface area contributed by atoms with E-state index in [9.17, 15) is 14.4 Å². The Labute approximate surface area is 200 Å². The number of anilines is 1. The molecular weight excluding hydrogens is 432 g/mol. The highest BCUT2D eigenvalue weighted by Crippen LogP contribution is 2.10. The number of carbonyl (C=O) groups excluding carboxylic acids is 3. The van der Waals surface area contributed by atoms with Crippen LogP contribution in [0.2, 0.25) is 0 Å². The molecule has 0 spiro atoms. The van der Waals surface area contributed by atoms with Gasteiger partial charge in [-0.3, -0.25) is 19.3 Å². The largest absolute Gasteiger partial charge is 0.388 e. The molecule has 180 valence electrons. The van der Waals surface area contributed by atoms with Crippen LogP contribution >= 0.6 is 0 Å². The molecule has 1 atom stereocenters. The predicted octanol–water partition coefficient (Wildman–Crippen LogP) is 1.38. The number of amides is 2. The standard InChI is InChI=1S/C26H32N4O4/c1-3-4-15-30(2)17-25(33)28-22-13-9-20(10-14-22)6-5-19-7-11-21(12-8-19)26(34)29-23(16-27)24(32)18-31/h7-14,23,31H,3-4,15-18,27H2,1-2H3,(H,28,33)(H,29,34)/t23-/m0/s1. The lowest BCUT2D eigenvalue weighted by atomic mass is 10.1. The summed E-state index contributed by atoms with van der Waals surface area (Å²) in [6.45, 7) is 2.59. The zero-order valence-corrected chi connectivity index (χ0v) is 19.6. The summed E-state index contributed by atoms with van der Waals surface area (Å²) in [5.41, 5.74) is 8.04. The van der Waals surface area contributed by atoms with Crippen molar-refractivity contribution >= 4 is 23.3 Å². The molecule has 0 bridgehead atoms. The number of hydrogen-bond donors (Lipinski definition) is 4. The van der Waals surface area contributed by atoms with Crippen molar-refractivity contribution in [3.8, 4) is 11.8 Å². The average molecular weight is 465 g/mol. The van der Waals surface area contributed by atoms with Gasteiger partial charge < -0.3 is 21.5 Å². The smallest absolute Gasteiger partial charge is 0.251 e. The number of ketones is 1. The van der Waals surface area contributed by atoms with Crippen molar-refractivity contribution in [2.45, 2.75) is 25.8 Å². The molecule has 2 aromatic rings. The van der Waals surface area contributed by atoms with Crippen LogP contribution in [0.3, 0.4) is 0 Å². The van der Waals surface area contributed by atoms with Crippen molar-refractivity contribution in [2.24, 2.45) is 5.73 Å². The highest BCUT2D eigenvalue weighted by atomic mass is 16.3. The van der Waals surface area contributed by atoms with E-state index in [4.69, 9.17) is 10.8 Å². The third-order valence-corrected chi connectivity index (χ3v) is 5.06. The maximum atomic E-state index is 12.3. The van der Waals surface area contributed by atoms with Crippen LogP contribution < -0.4 is 16.4 Å². The Balaban J connectivity index is 1.92. The second-order valence-electron chi connectivity index (χ2n) is 7.93. The summed E-state index contributed by atoms with van der Waals surface area (Å²) in [6.07, 6.45) is 2.16. The number of nitrogens with one attached hydrogen (secondary N) is 2. The minimum atomic E-state index is -0.924. The number of nitrogens with zero attached hydrogens (tertiary/aromatic N) is 1. The van der Waals surface area contributed by atoms with Crippen molar-refractivity contribution in [3.05, 3.63) is 65.2 Å². The number of Topliss-reactive ketones (excluding diaryl/α,β-unsaturated/α-hetero) is 1. The van der Waals surface area contributed by atoms with Gasteiger partial charge in [-0.25, -0.2) is 0 Å². The number of aliphatic hydroxyl groups excluding tert-OH is 1. The fraction of sp³-hybridized carbons (Fsp3) is 0.346. The van der Waals surface area contributed by atoms with Gasteiger partial charge in [0.25, 0.3) is 5.91 Å². The van der Waals surface area contributed by atoms with Crippen molar-refractivity contribution in [1.82, 2.24) is 10.2 Å². The Morgan fingerprint density at radius 3 is 2.15 bits per heavy atom. The monoisotopic (exact) mass is 464 g/mol. The van der Waals surface area contributed by atoms with E-state index in [0.717, 1.165) is 24.9 Å². The van der Waals surface area contributed by atoms with Gasteiger partial charge in [-0.15, -0.1) is 0 Å². The van der Waals surface area contributed by atoms with E-state index in [2.05, 4.69) is 29.4 Å². The minimum Gasteiger partial charge on any atom is -0.388 e. The topological polar surface area (TPSA) is 125 Å². The lowest BCUT2D eigenvalue weighted by Crippen LogP contribution is -2.46. The lowest BCUT2D eigenvalue weighted by Gasteiger charge is -2.15. The Morgan fingerprint density at radius 2 is 1.62 bits per heavy atom. The summed E-state index contributed by atoms with van der Waals surface area (Å²) in [4.78, 5) is 38.0. The Bertz CT molecular complexity index is 1020. The second-order valence-corrected chi connectivity index (χ2v) is 7.93. The van der Waals surface area contributed by atoms with E-state index in [1.54, 1.807) is 24.3 Å². The average Bonchev–Trinajstić information content (AvgIpc) is 2.85. The molecule has 0 saturated heterocycles. The van der Waals surface area contributed by atoms with Gasteiger partial charge in [-0.2, -0.15) is 0 Å². The highest BCUT2D eigenvalue weighted by Gasteiger charge is 2.18. The Hall–Kier alpha value is -3.51. The molecule has 8 heteroatoms. The van der Waals surface area contributed by atoms with Crippen LogP contribution in [0.1, 0.15) is 41.3 Å². The molecule has 0 fully saturated rings. The lowest BCUT2D eigenvalue weighted by molar-refractivity contribution is -0.123. The summed E-state index contributed by atoms with van der Waals surface area (Å²) >= 11 is 0. The number of hydrogen-bond acceptors (Lipinski definition) is 6. The maximum absolute atomic E-state index is 12.3. The van der Waals surface area contributed by atoms with Crippen LogP contribution in [0, 0.1) is 11.8 Å². The van der Waals surface area contributed by atoms with Crippen molar-refractivity contribution in [2.75, 3.05) is 38.6 Å². The van der Waals surface area contributed by atoms with Crippen LogP contribution in [-0.2, 0) is 9.59 Å². The zero-order valence-electron chi connectivity index (χ0n) is 19.6. The first-order valence-electron chi connectivity index (χ1n) is 11.2. The van der Waals surface area contributed by atoms with Crippen molar-refractivity contribution < 1.29 is 19.5 Å². The van der Waals surface area contributed by atoms with E-state index in [0.29, 0.717) is 23.4 Å². The normalized spacial score (nSPS) is 11.3. The van der Waals surface area contributed by atoms with Gasteiger partial charge in [0.15, 0.2) is 5.78 Å². The van der Waals surface area contributed by atoms with Crippen LogP contribution in [0.4, 0.5) is 5.69 Å². The van der Waals surface area contributed by atoms with Gasteiger partial charge >= 0.3 is 0 Å². The van der Waals surface area contributed by atoms with Crippen LogP contribution in [0.5, 0.6) is 0 Å². The summed E-state index contributed by atoms with van der Waals surface area (Å²) in [6, 6.07) is 13.0. The van der Waals surface area contributed by atoms with Gasteiger partial charge in [0.05, 0.1) is 6.54 Å². The number of unbranched alkanes of at least 4 members (excludes halogenated alkanes) is 1. The Kier molecular flexibility index (Phi) is 10.9. The molecule has 2 aromatic carbocycles. The summed E-state index contributed by atoms with van der Waals surface area (Å²) in [5.74, 6) is 5.03. The molecule has 0 radical (unpaired) electrons. The molecule has 0 aliphatic carbocycles. The predicted molar refractivity (Wildman–Crippen MR) is 132 cm³/mol. The fourth-order valence-corrected chi connectivity index (χ4v) is 3.06. The first-order chi connectivity index (χ1) is 16.4. The molecule has 5 N–H and O–H groups in total. The Morgan fingerprint density at radius 1 is 1.03 bits per heavy atom. The van der Waals surface area contributed by atoms with Gasteiger partial charge in [0.1, 0.15) is 12.6 Å². The maximum Gasteiger partial charge on any atom is 0.251 e. The van der Waals surface area contributed by atoms with E-state index in [1.165, 1.54) is 0 Å². The van der Waals surface area contributed by atoms with E-state index in [-0.39, 0.29) is 12.5 Å². The number of benzene rings is 2. The van der Waals surface area contributed by atoms with Crippen LogP contribution in [0.15, 0.2) is 48.5 Å². The van der Waals surface area contributed by atoms with E-state index in [1.807, 2.05) is 36.2 Å². The van der Waals surface area contributed by atoms with Gasteiger partial charge in [-0.1, -0.05) is 25.2 Å². The van der Waals surface area contributed by atoms with Crippen molar-refractivity contribution in [3.63, 3.8) is 0 Å². The third-order valence-electron chi connectivity index (χ3n) is 5.06. The van der Waals surface area contributed by atoms with E-state index < -0.39 is 24.3 Å². The first-order valence-corrected chi connectivity index (χ1v) is 11.2. The number of nitrogens with two attached hydrogens (primary N) is 1. The molecule has 2 amide bonds. The zero-order chi connectivity index (χ0) is 24.9. The number of carbonyl (C=O) groups is 3. The molecular formula is C26H32N4O4. The molecule has 0 aromatic heterocycles. The van der Waals surface area contributed by atoms with Gasteiger partial charge in [0, 0.05) is 28.9 Å². The quantitative estimate of drug-likeness (QED) is 0.373. The number of likely N-dealkylation sites (N-methyl/N-ethyl adjacent to an activating group) is 1. The SMILES string of the molecule is CCCCN(C)CC(=O)Nc1ccc(C#Cc2ccc(C(=O)N[C@@H](CN)C(=O)CO)cc2)cc1. The number of rotatable bonds is 11. The molecule has 0 saturated carbocycles. The summed E-state index contributed by atoms with van der Waals surface area (Å²) < 4.78 is 0. The molecule has 34 heavy (non-hydrogen) atoms. The van der Waals surface area contributed by atoms with Gasteiger partial charge in [0.2, 0.25) is 5.91 Å². The van der Waals surface area contributed by atoms with Gasteiger partial charge in [-0.05, 0) is 68.5 Å². The second kappa shape index (κ2) is 13.9. The molecule has 0 aliphatic heterocycles. The minimum absolute atomic E-state index is 0.0555. The van der Waals surface area contributed by atoms with Crippen LogP contribution in [0.25, 0.3) is 0 Å². The fourth-order valence-electron chi connectivity index (χ4n) is 3.06. The van der Waals surface area contributed by atoms with Crippen LogP contribution in [-0.4, -0.2) is 66.9 Å². The molecule has 2 rings (SSSR count). The van der Waals surface area contributed by atoms with Crippen molar-refractivity contribution in [1.29, 1.82) is 0 Å². The number of aliphatic hydroxyl groups is 1. The molecule has 0 heterocycles. The summed E-state index contributed by atoms with van der Waals surface area (Å²) in [5, 5.41) is 14.3. The van der Waals surface area contributed by atoms with E-state index >= 15 is 0 Å².